The molecule has 0 radical (unpaired) electrons. The van der Waals surface area contributed by atoms with E-state index in [1.54, 1.807) is 31.6 Å². The monoisotopic (exact) mass is 321 g/mol. The van der Waals surface area contributed by atoms with Crippen LogP contribution in [0.25, 0.3) is 11.4 Å². The van der Waals surface area contributed by atoms with E-state index in [2.05, 4.69) is 20.6 Å². The fourth-order valence-corrected chi connectivity index (χ4v) is 2.27. The summed E-state index contributed by atoms with van der Waals surface area (Å²) in [6, 6.07) is 5.29. The SMILES string of the molecule is COC1C=C(c2cc(Cl)ccc2-n2cc(CF)nn2)N=CN1. The molecule has 0 bridgehead atoms. The zero-order valence-corrected chi connectivity index (χ0v) is 12.5. The summed E-state index contributed by atoms with van der Waals surface area (Å²) >= 11 is 6.10. The van der Waals surface area contributed by atoms with Gasteiger partial charge in [-0.3, -0.25) is 0 Å². The maximum Gasteiger partial charge on any atom is 0.149 e. The van der Waals surface area contributed by atoms with Crippen molar-refractivity contribution in [2.75, 3.05) is 7.11 Å². The van der Waals surface area contributed by atoms with E-state index in [4.69, 9.17) is 16.3 Å². The molecule has 2 aromatic rings. The molecule has 1 aliphatic rings. The molecule has 1 aromatic heterocycles. The van der Waals surface area contributed by atoms with E-state index < -0.39 is 6.67 Å². The highest BCUT2D eigenvalue weighted by atomic mass is 35.5. The summed E-state index contributed by atoms with van der Waals surface area (Å²) in [6.07, 6.45) is 4.63. The van der Waals surface area contributed by atoms with Crippen LogP contribution in [0.1, 0.15) is 11.3 Å². The van der Waals surface area contributed by atoms with Gasteiger partial charge in [-0.05, 0) is 24.3 Å². The molecule has 22 heavy (non-hydrogen) atoms. The van der Waals surface area contributed by atoms with Gasteiger partial charge in [0.15, 0.2) is 0 Å². The van der Waals surface area contributed by atoms with Crippen LogP contribution >= 0.6 is 11.6 Å². The Bertz CT molecular complexity index is 743. The largest absolute Gasteiger partial charge is 0.358 e. The number of halogens is 2. The van der Waals surface area contributed by atoms with Crippen molar-refractivity contribution in [1.82, 2.24) is 20.3 Å². The standard InChI is InChI=1S/C14H13ClFN5O/c1-22-14-5-12(17-8-18-14)11-4-9(15)2-3-13(11)21-7-10(6-16)19-20-21/h2-5,7-8,14H,6H2,1H3,(H,17,18). The second kappa shape index (κ2) is 6.25. The van der Waals surface area contributed by atoms with E-state index in [1.807, 2.05) is 6.08 Å². The van der Waals surface area contributed by atoms with Crippen LogP contribution in [0.4, 0.5) is 4.39 Å². The van der Waals surface area contributed by atoms with Crippen molar-refractivity contribution in [2.45, 2.75) is 12.9 Å². The molecule has 0 saturated heterocycles. The van der Waals surface area contributed by atoms with E-state index in [0.29, 0.717) is 16.4 Å². The van der Waals surface area contributed by atoms with Gasteiger partial charge in [-0.25, -0.2) is 14.1 Å². The predicted octanol–water partition coefficient (Wildman–Crippen LogP) is 2.34. The first-order valence-corrected chi connectivity index (χ1v) is 6.89. The Morgan fingerprint density at radius 1 is 1.45 bits per heavy atom. The van der Waals surface area contributed by atoms with Crippen molar-refractivity contribution in [3.8, 4) is 5.69 Å². The molecule has 1 atom stereocenters. The lowest BCUT2D eigenvalue weighted by molar-refractivity contribution is 0.130. The van der Waals surface area contributed by atoms with Crippen molar-refractivity contribution >= 4 is 23.6 Å². The second-order valence-electron chi connectivity index (χ2n) is 4.58. The number of ether oxygens (including phenoxy) is 1. The zero-order valence-electron chi connectivity index (χ0n) is 11.7. The lowest BCUT2D eigenvalue weighted by atomic mass is 10.1. The molecule has 0 aliphatic carbocycles. The Morgan fingerprint density at radius 3 is 3.05 bits per heavy atom. The van der Waals surface area contributed by atoms with E-state index in [0.717, 1.165) is 5.56 Å². The van der Waals surface area contributed by atoms with E-state index in [9.17, 15) is 4.39 Å². The van der Waals surface area contributed by atoms with Gasteiger partial charge in [0, 0.05) is 17.7 Å². The van der Waals surface area contributed by atoms with Crippen LogP contribution < -0.4 is 5.32 Å². The molecule has 1 aliphatic heterocycles. The maximum absolute atomic E-state index is 12.7. The van der Waals surface area contributed by atoms with Crippen LogP contribution in [-0.2, 0) is 11.4 Å². The first kappa shape index (κ1) is 14.7. The first-order valence-electron chi connectivity index (χ1n) is 6.52. The molecule has 0 amide bonds. The fraction of sp³-hybridized carbons (Fsp3) is 0.214. The average molecular weight is 322 g/mol. The summed E-state index contributed by atoms with van der Waals surface area (Å²) < 4.78 is 19.4. The Kier molecular flexibility index (Phi) is 4.17. The third kappa shape index (κ3) is 2.86. The zero-order chi connectivity index (χ0) is 15.5. The van der Waals surface area contributed by atoms with Gasteiger partial charge in [0.25, 0.3) is 0 Å². The number of nitrogens with one attached hydrogen (secondary N) is 1. The van der Waals surface area contributed by atoms with Crippen molar-refractivity contribution in [2.24, 2.45) is 4.99 Å². The van der Waals surface area contributed by atoms with Gasteiger partial charge in [-0.2, -0.15) is 0 Å². The molecule has 114 valence electrons. The fourth-order valence-electron chi connectivity index (χ4n) is 2.10. The van der Waals surface area contributed by atoms with Gasteiger partial charge < -0.3 is 10.1 Å². The van der Waals surface area contributed by atoms with Gasteiger partial charge in [0.2, 0.25) is 0 Å². The van der Waals surface area contributed by atoms with Crippen LogP contribution in [0.3, 0.4) is 0 Å². The summed E-state index contributed by atoms with van der Waals surface area (Å²) in [5, 5.41) is 11.2. The Morgan fingerprint density at radius 2 is 2.32 bits per heavy atom. The van der Waals surface area contributed by atoms with E-state index >= 15 is 0 Å². The molecule has 8 heteroatoms. The first-order chi connectivity index (χ1) is 10.7. The number of aliphatic imine (C=N–C) groups is 1. The molecule has 2 heterocycles. The molecule has 1 unspecified atom stereocenters. The van der Waals surface area contributed by atoms with Crippen LogP contribution in [0.5, 0.6) is 0 Å². The summed E-state index contributed by atoms with van der Waals surface area (Å²) in [4.78, 5) is 4.30. The van der Waals surface area contributed by atoms with Crippen LogP contribution in [0.15, 0.2) is 35.5 Å². The van der Waals surface area contributed by atoms with Crippen molar-refractivity contribution < 1.29 is 9.13 Å². The number of alkyl halides is 1. The van der Waals surface area contributed by atoms with Crippen molar-refractivity contribution in [3.05, 3.63) is 46.8 Å². The number of hydrogen-bond acceptors (Lipinski definition) is 5. The van der Waals surface area contributed by atoms with E-state index in [-0.39, 0.29) is 11.9 Å². The number of rotatable bonds is 4. The molecule has 1 N–H and O–H groups in total. The Hall–Kier alpha value is -2.25. The average Bonchev–Trinajstić information content (AvgIpc) is 3.03. The number of hydrogen-bond donors (Lipinski definition) is 1. The number of nitrogens with zero attached hydrogens (tertiary/aromatic N) is 4. The number of methoxy groups -OCH3 is 1. The topological polar surface area (TPSA) is 64.3 Å². The van der Waals surface area contributed by atoms with Gasteiger partial charge in [0.05, 0.1) is 23.9 Å². The minimum absolute atomic E-state index is 0.262. The minimum Gasteiger partial charge on any atom is -0.358 e. The highest BCUT2D eigenvalue weighted by molar-refractivity contribution is 6.30. The van der Waals surface area contributed by atoms with Gasteiger partial charge >= 0.3 is 0 Å². The molecule has 0 saturated carbocycles. The number of benzene rings is 1. The molecule has 6 nitrogen and oxygen atoms in total. The highest BCUT2D eigenvalue weighted by Gasteiger charge is 2.16. The van der Waals surface area contributed by atoms with Gasteiger partial charge in [-0.15, -0.1) is 5.10 Å². The molecule has 0 spiro atoms. The quantitative estimate of drug-likeness (QED) is 0.938. The smallest absolute Gasteiger partial charge is 0.149 e. The summed E-state index contributed by atoms with van der Waals surface area (Å²) in [7, 11) is 1.59. The third-order valence-corrected chi connectivity index (χ3v) is 3.40. The van der Waals surface area contributed by atoms with Crippen LogP contribution in [-0.4, -0.2) is 34.7 Å². The molecule has 3 rings (SSSR count). The molecule has 0 fully saturated rings. The highest BCUT2D eigenvalue weighted by Crippen LogP contribution is 2.28. The van der Waals surface area contributed by atoms with Crippen molar-refractivity contribution in [1.29, 1.82) is 0 Å². The normalized spacial score (nSPS) is 17.2. The van der Waals surface area contributed by atoms with Crippen LogP contribution in [0, 0.1) is 0 Å². The Labute approximate surface area is 131 Å². The van der Waals surface area contributed by atoms with Gasteiger partial charge in [0.1, 0.15) is 18.6 Å². The summed E-state index contributed by atoms with van der Waals surface area (Å²) in [6.45, 7) is -0.667. The van der Waals surface area contributed by atoms with Crippen molar-refractivity contribution in [3.63, 3.8) is 0 Å². The summed E-state index contributed by atoms with van der Waals surface area (Å²) in [5.74, 6) is 0. The molecular weight excluding hydrogens is 309 g/mol. The van der Waals surface area contributed by atoms with Gasteiger partial charge in [-0.1, -0.05) is 16.8 Å². The Balaban J connectivity index is 2.08. The molecule has 1 aromatic carbocycles. The third-order valence-electron chi connectivity index (χ3n) is 3.16. The van der Waals surface area contributed by atoms with E-state index in [1.165, 1.54) is 10.9 Å². The predicted molar refractivity (Wildman–Crippen MR) is 81.6 cm³/mol. The number of aromatic nitrogens is 3. The lowest BCUT2D eigenvalue weighted by Gasteiger charge is -2.18. The van der Waals surface area contributed by atoms with Crippen LogP contribution in [0.2, 0.25) is 5.02 Å². The molecular formula is C14H13ClFN5O. The summed E-state index contributed by atoms with van der Waals surface area (Å²) in [5.41, 5.74) is 2.40. The second-order valence-corrected chi connectivity index (χ2v) is 5.02. The lowest BCUT2D eigenvalue weighted by Crippen LogP contribution is -2.30. The maximum atomic E-state index is 12.7. The minimum atomic E-state index is -0.667.